The van der Waals surface area contributed by atoms with E-state index in [1.807, 2.05) is 4.98 Å². The van der Waals surface area contributed by atoms with Gasteiger partial charge in [0.2, 0.25) is 11.8 Å². The van der Waals surface area contributed by atoms with Crippen LogP contribution in [-0.2, 0) is 0 Å². The minimum absolute atomic E-state index is 0.0462. The van der Waals surface area contributed by atoms with Gasteiger partial charge >= 0.3 is 5.69 Å². The van der Waals surface area contributed by atoms with Crippen molar-refractivity contribution in [3.8, 4) is 29.7 Å². The van der Waals surface area contributed by atoms with Gasteiger partial charge in [-0.25, -0.2) is 18.7 Å². The Hall–Kier alpha value is -3.49. The number of aromatic nitrogens is 5. The first kappa shape index (κ1) is 23.7. The van der Waals surface area contributed by atoms with E-state index < -0.39 is 28.6 Å². The number of rotatable bonds is 5. The summed E-state index contributed by atoms with van der Waals surface area (Å²) < 4.78 is 33.0. The lowest BCUT2D eigenvalue weighted by Gasteiger charge is -2.38. The minimum atomic E-state index is -2.72. The van der Waals surface area contributed by atoms with Crippen LogP contribution < -0.4 is 21.5 Å². The van der Waals surface area contributed by atoms with Crippen molar-refractivity contribution in [3.05, 3.63) is 70.7 Å². The molecule has 3 aromatic rings. The number of hydrogen-bond donors (Lipinski definition) is 2. The molecule has 1 aliphatic rings. The van der Waals surface area contributed by atoms with Crippen molar-refractivity contribution in [2.75, 3.05) is 0 Å². The summed E-state index contributed by atoms with van der Waals surface area (Å²) in [7, 11) is 0. The number of ether oxygens (including phenoxy) is 1. The summed E-state index contributed by atoms with van der Waals surface area (Å²) >= 11 is 12.6. The highest BCUT2D eigenvalue weighted by Crippen LogP contribution is 2.48. The van der Waals surface area contributed by atoms with Crippen LogP contribution in [0.25, 0.3) is 5.69 Å². The van der Waals surface area contributed by atoms with Gasteiger partial charge in [0.15, 0.2) is 11.4 Å². The normalized spacial score (nSPS) is 15.9. The number of H-pyrrole nitrogens is 2. The van der Waals surface area contributed by atoms with Crippen molar-refractivity contribution in [2.45, 2.75) is 31.6 Å². The molecule has 1 fully saturated rings. The first-order valence-electron chi connectivity index (χ1n) is 9.84. The average molecular weight is 510 g/mol. The molecule has 2 aromatic heterocycles. The SMILES string of the molecule is C#Cc1nn(-c2cc(Cl)c(Oc3cc(C(C)C4CC(F)(F)C4)c(=O)[nH]n3)c(Cl)c2)c(=O)[nH]c1=O. The van der Waals surface area contributed by atoms with Crippen molar-refractivity contribution >= 4 is 23.2 Å². The van der Waals surface area contributed by atoms with Crippen LogP contribution in [0.15, 0.2) is 32.6 Å². The number of aromatic amines is 2. The zero-order valence-corrected chi connectivity index (χ0v) is 18.9. The summed E-state index contributed by atoms with van der Waals surface area (Å²) in [5.41, 5.74) is -2.20. The Morgan fingerprint density at radius 1 is 1.21 bits per heavy atom. The largest absolute Gasteiger partial charge is 0.434 e. The molecule has 1 unspecified atom stereocenters. The second-order valence-electron chi connectivity index (χ2n) is 7.81. The Kier molecular flexibility index (Phi) is 6.05. The van der Waals surface area contributed by atoms with Gasteiger partial charge in [-0.3, -0.25) is 14.6 Å². The Labute approximate surface area is 199 Å². The van der Waals surface area contributed by atoms with Crippen LogP contribution >= 0.6 is 23.2 Å². The molecule has 1 aliphatic carbocycles. The minimum Gasteiger partial charge on any atom is -0.434 e. The molecule has 0 radical (unpaired) electrons. The van der Waals surface area contributed by atoms with Crippen molar-refractivity contribution in [3.63, 3.8) is 0 Å². The second-order valence-corrected chi connectivity index (χ2v) is 8.62. The van der Waals surface area contributed by atoms with E-state index in [0.717, 1.165) is 4.68 Å². The molecule has 13 heteroatoms. The monoisotopic (exact) mass is 509 g/mol. The smallest absolute Gasteiger partial charge is 0.349 e. The van der Waals surface area contributed by atoms with Gasteiger partial charge in [0, 0.05) is 24.5 Å². The van der Waals surface area contributed by atoms with E-state index in [1.165, 1.54) is 18.2 Å². The number of nitrogens with one attached hydrogen (secondary N) is 2. The lowest BCUT2D eigenvalue weighted by Crippen LogP contribution is -2.39. The fourth-order valence-corrected chi connectivity index (χ4v) is 4.20. The Morgan fingerprint density at radius 2 is 1.85 bits per heavy atom. The Bertz CT molecular complexity index is 1480. The lowest BCUT2D eigenvalue weighted by molar-refractivity contribution is -0.116. The quantitative estimate of drug-likeness (QED) is 0.509. The summed E-state index contributed by atoms with van der Waals surface area (Å²) in [5.74, 6) is -1.58. The van der Waals surface area contributed by atoms with E-state index in [1.54, 1.807) is 6.92 Å². The van der Waals surface area contributed by atoms with Gasteiger partial charge in [0.1, 0.15) is 0 Å². The number of alkyl halides is 2. The first-order chi connectivity index (χ1) is 16.0. The van der Waals surface area contributed by atoms with E-state index in [9.17, 15) is 23.2 Å². The van der Waals surface area contributed by atoms with Crippen LogP contribution in [0.4, 0.5) is 8.78 Å². The molecule has 2 N–H and O–H groups in total. The molecule has 34 heavy (non-hydrogen) atoms. The molecular weight excluding hydrogens is 495 g/mol. The molecule has 0 bridgehead atoms. The summed E-state index contributed by atoms with van der Waals surface area (Å²) in [5, 5.41) is 9.78. The maximum Gasteiger partial charge on any atom is 0.349 e. The van der Waals surface area contributed by atoms with Gasteiger partial charge in [-0.1, -0.05) is 30.1 Å². The maximum atomic E-state index is 13.3. The zero-order valence-electron chi connectivity index (χ0n) is 17.4. The first-order valence-corrected chi connectivity index (χ1v) is 10.6. The topological polar surface area (TPSA) is 123 Å². The van der Waals surface area contributed by atoms with Crippen LogP contribution in [0, 0.1) is 18.3 Å². The molecule has 1 saturated carbocycles. The van der Waals surface area contributed by atoms with E-state index in [2.05, 4.69) is 21.2 Å². The van der Waals surface area contributed by atoms with E-state index >= 15 is 0 Å². The van der Waals surface area contributed by atoms with Gasteiger partial charge in [0.25, 0.3) is 11.1 Å². The van der Waals surface area contributed by atoms with Gasteiger partial charge in [-0.2, -0.15) is 4.68 Å². The summed E-state index contributed by atoms with van der Waals surface area (Å²) in [4.78, 5) is 38.0. The number of benzene rings is 1. The second kappa shape index (κ2) is 8.70. The fourth-order valence-electron chi connectivity index (χ4n) is 3.65. The Balaban J connectivity index is 1.65. The van der Waals surface area contributed by atoms with Crippen LogP contribution in [0.2, 0.25) is 10.0 Å². The fraction of sp³-hybridized carbons (Fsp3) is 0.286. The third kappa shape index (κ3) is 4.47. The molecule has 176 valence electrons. The molecule has 4 rings (SSSR count). The van der Waals surface area contributed by atoms with Crippen LogP contribution in [0.3, 0.4) is 0 Å². The highest BCUT2D eigenvalue weighted by Gasteiger charge is 2.48. The van der Waals surface area contributed by atoms with Crippen molar-refractivity contribution in [1.82, 2.24) is 25.0 Å². The van der Waals surface area contributed by atoms with Crippen LogP contribution in [-0.4, -0.2) is 30.9 Å². The van der Waals surface area contributed by atoms with Gasteiger partial charge in [-0.15, -0.1) is 16.6 Å². The molecular formula is C21H15Cl2F2N5O4. The molecule has 0 saturated heterocycles. The predicted octanol–water partition coefficient (Wildman–Crippen LogP) is 3.23. The highest BCUT2D eigenvalue weighted by atomic mass is 35.5. The number of terminal acetylenes is 1. The molecule has 9 nitrogen and oxygen atoms in total. The van der Waals surface area contributed by atoms with E-state index in [-0.39, 0.29) is 57.4 Å². The predicted molar refractivity (Wildman–Crippen MR) is 119 cm³/mol. The zero-order chi connectivity index (χ0) is 24.8. The third-order valence-corrected chi connectivity index (χ3v) is 6.09. The molecule has 1 aromatic carbocycles. The van der Waals surface area contributed by atoms with Gasteiger partial charge in [-0.05, 0) is 29.9 Å². The molecule has 0 spiro atoms. The van der Waals surface area contributed by atoms with Crippen molar-refractivity contribution in [1.29, 1.82) is 0 Å². The standard InChI is InChI=1S/C21H15Cl2F2N5O4/c1-3-15-19(32)26-20(33)30(29-15)11-4-13(22)17(14(23)5-11)34-16-6-12(18(31)28-27-16)9(2)10-7-21(24,25)8-10/h1,4-6,9-10H,7-8H2,2H3,(H,28,31)(H,26,32,33). The summed E-state index contributed by atoms with van der Waals surface area (Å²) in [6, 6.07) is 3.93. The number of halogens is 4. The lowest BCUT2D eigenvalue weighted by atomic mass is 9.71. The van der Waals surface area contributed by atoms with Gasteiger partial charge < -0.3 is 4.74 Å². The number of hydrogen-bond acceptors (Lipinski definition) is 6. The van der Waals surface area contributed by atoms with Crippen LogP contribution in [0.5, 0.6) is 11.6 Å². The van der Waals surface area contributed by atoms with Gasteiger partial charge in [0.05, 0.1) is 15.7 Å². The van der Waals surface area contributed by atoms with Crippen molar-refractivity contribution in [2.24, 2.45) is 5.92 Å². The summed E-state index contributed by atoms with van der Waals surface area (Å²) in [6.07, 6.45) is 4.62. The third-order valence-electron chi connectivity index (χ3n) is 5.53. The van der Waals surface area contributed by atoms with E-state index in [0.29, 0.717) is 0 Å². The average Bonchev–Trinajstić information content (AvgIpc) is 2.75. The Morgan fingerprint density at radius 3 is 2.44 bits per heavy atom. The highest BCUT2D eigenvalue weighted by molar-refractivity contribution is 6.37. The summed E-state index contributed by atoms with van der Waals surface area (Å²) in [6.45, 7) is 1.68. The molecule has 2 heterocycles. The molecule has 0 amide bonds. The van der Waals surface area contributed by atoms with E-state index in [4.69, 9.17) is 34.4 Å². The maximum absolute atomic E-state index is 13.3. The molecule has 1 atom stereocenters. The molecule has 0 aliphatic heterocycles. The number of nitrogens with zero attached hydrogens (tertiary/aromatic N) is 3. The van der Waals surface area contributed by atoms with Crippen molar-refractivity contribution < 1.29 is 13.5 Å². The van der Waals surface area contributed by atoms with Crippen LogP contribution in [0.1, 0.15) is 36.9 Å².